The number of hydrogen-bond acceptors (Lipinski definition) is 6. The van der Waals surface area contributed by atoms with Crippen LogP contribution in [0.2, 0.25) is 0 Å². The molecule has 0 bridgehead atoms. The van der Waals surface area contributed by atoms with Gasteiger partial charge in [-0.2, -0.15) is 10.1 Å². The highest BCUT2D eigenvalue weighted by molar-refractivity contribution is 5.66. The van der Waals surface area contributed by atoms with E-state index in [-0.39, 0.29) is 11.5 Å². The molecule has 0 aliphatic heterocycles. The molecule has 2 heterocycles. The minimum absolute atomic E-state index is 0.121. The van der Waals surface area contributed by atoms with Crippen LogP contribution >= 0.6 is 0 Å². The number of anilines is 2. The van der Waals surface area contributed by atoms with Crippen molar-refractivity contribution in [2.75, 3.05) is 12.4 Å². The summed E-state index contributed by atoms with van der Waals surface area (Å²) in [7, 11) is 3.22. The molecule has 8 heteroatoms. The number of pyridine rings is 1. The molecule has 0 radical (unpaired) electrons. The monoisotopic (exact) mass is 263 g/mol. The number of nitrogens with zero attached hydrogens (tertiary/aromatic N) is 4. The molecule has 0 unspecified atom stereocenters. The molecule has 0 aliphatic carbocycles. The van der Waals surface area contributed by atoms with Gasteiger partial charge in [0.25, 0.3) is 0 Å². The Morgan fingerprint density at radius 3 is 2.74 bits per heavy atom. The maximum absolute atomic E-state index is 11.0. The fourth-order valence-electron chi connectivity index (χ4n) is 1.64. The standard InChI is InChI=1S/C11H13N5O3/c1-7-8(6-15(2)14-7)12-11-9(16(17)18)4-5-10(13-11)19-3/h4-6H,1-3H3,(H,12,13). The van der Waals surface area contributed by atoms with Gasteiger partial charge in [0.15, 0.2) is 0 Å². The average molecular weight is 263 g/mol. The molecule has 2 aromatic rings. The van der Waals surface area contributed by atoms with Gasteiger partial charge in [0, 0.05) is 25.4 Å². The fourth-order valence-corrected chi connectivity index (χ4v) is 1.64. The molecule has 0 aromatic carbocycles. The van der Waals surface area contributed by atoms with Gasteiger partial charge in [0.05, 0.1) is 23.4 Å². The van der Waals surface area contributed by atoms with Gasteiger partial charge < -0.3 is 10.1 Å². The van der Waals surface area contributed by atoms with E-state index in [4.69, 9.17) is 4.74 Å². The van der Waals surface area contributed by atoms with Crippen molar-refractivity contribution in [2.24, 2.45) is 7.05 Å². The zero-order chi connectivity index (χ0) is 14.0. The molecule has 0 aliphatic rings. The number of hydrogen-bond donors (Lipinski definition) is 1. The van der Waals surface area contributed by atoms with E-state index in [0.717, 1.165) is 5.69 Å². The topological polar surface area (TPSA) is 95.1 Å². The summed E-state index contributed by atoms with van der Waals surface area (Å²) < 4.78 is 6.58. The van der Waals surface area contributed by atoms with Crippen molar-refractivity contribution in [3.05, 3.63) is 34.1 Å². The van der Waals surface area contributed by atoms with Crippen LogP contribution in [-0.4, -0.2) is 26.8 Å². The van der Waals surface area contributed by atoms with Crippen molar-refractivity contribution < 1.29 is 9.66 Å². The normalized spacial score (nSPS) is 10.3. The first-order chi connectivity index (χ1) is 9.01. The van der Waals surface area contributed by atoms with Crippen LogP contribution in [0.15, 0.2) is 18.3 Å². The van der Waals surface area contributed by atoms with Crippen molar-refractivity contribution >= 4 is 17.2 Å². The summed E-state index contributed by atoms with van der Waals surface area (Å²) >= 11 is 0. The van der Waals surface area contributed by atoms with Crippen molar-refractivity contribution in [3.63, 3.8) is 0 Å². The molecule has 1 N–H and O–H groups in total. The summed E-state index contributed by atoms with van der Waals surface area (Å²) in [6.45, 7) is 1.80. The molecule has 0 fully saturated rings. The second-order valence-electron chi connectivity index (χ2n) is 3.91. The van der Waals surface area contributed by atoms with Crippen LogP contribution in [0.1, 0.15) is 5.69 Å². The molecular formula is C11H13N5O3. The molecule has 0 spiro atoms. The van der Waals surface area contributed by atoms with Crippen LogP contribution in [0, 0.1) is 17.0 Å². The Morgan fingerprint density at radius 1 is 1.47 bits per heavy atom. The molecule has 0 amide bonds. The second-order valence-corrected chi connectivity index (χ2v) is 3.91. The Kier molecular flexibility index (Phi) is 3.32. The fraction of sp³-hybridized carbons (Fsp3) is 0.273. The van der Waals surface area contributed by atoms with Crippen LogP contribution in [0.5, 0.6) is 5.88 Å². The lowest BCUT2D eigenvalue weighted by molar-refractivity contribution is -0.384. The van der Waals surface area contributed by atoms with E-state index in [1.807, 2.05) is 0 Å². The van der Waals surface area contributed by atoms with E-state index >= 15 is 0 Å². The number of nitro groups is 1. The third kappa shape index (κ3) is 2.62. The molecule has 100 valence electrons. The number of rotatable bonds is 4. The minimum atomic E-state index is -0.500. The molecular weight excluding hydrogens is 250 g/mol. The van der Waals surface area contributed by atoms with Gasteiger partial charge >= 0.3 is 5.69 Å². The van der Waals surface area contributed by atoms with Crippen LogP contribution in [0.3, 0.4) is 0 Å². The van der Waals surface area contributed by atoms with Crippen molar-refractivity contribution in [1.82, 2.24) is 14.8 Å². The summed E-state index contributed by atoms with van der Waals surface area (Å²) in [5.41, 5.74) is 1.26. The van der Waals surface area contributed by atoms with Crippen LogP contribution < -0.4 is 10.1 Å². The van der Waals surface area contributed by atoms with E-state index in [0.29, 0.717) is 11.6 Å². The van der Waals surface area contributed by atoms with Gasteiger partial charge in [-0.05, 0) is 6.92 Å². The Morgan fingerprint density at radius 2 is 2.21 bits per heavy atom. The molecule has 8 nitrogen and oxygen atoms in total. The van der Waals surface area contributed by atoms with Gasteiger partial charge in [-0.3, -0.25) is 14.8 Å². The first kappa shape index (κ1) is 12.8. The quantitative estimate of drug-likeness (QED) is 0.667. The van der Waals surface area contributed by atoms with Crippen LogP contribution in [0.25, 0.3) is 0 Å². The van der Waals surface area contributed by atoms with Crippen LogP contribution in [0.4, 0.5) is 17.2 Å². The molecule has 0 saturated heterocycles. The van der Waals surface area contributed by atoms with Gasteiger partial charge in [0.1, 0.15) is 0 Å². The molecule has 2 rings (SSSR count). The van der Waals surface area contributed by atoms with Crippen LogP contribution in [-0.2, 0) is 7.05 Å². The van der Waals surface area contributed by atoms with Gasteiger partial charge in [-0.15, -0.1) is 0 Å². The summed E-state index contributed by atoms with van der Waals surface area (Å²) in [5.74, 6) is 0.426. The number of ether oxygens (including phenoxy) is 1. The number of aryl methyl sites for hydroxylation is 2. The van der Waals surface area contributed by atoms with E-state index in [9.17, 15) is 10.1 Å². The number of methoxy groups -OCH3 is 1. The highest BCUT2D eigenvalue weighted by atomic mass is 16.6. The third-order valence-corrected chi connectivity index (χ3v) is 2.52. The van der Waals surface area contributed by atoms with Gasteiger partial charge in [0.2, 0.25) is 11.7 Å². The lowest BCUT2D eigenvalue weighted by Crippen LogP contribution is -2.01. The maximum Gasteiger partial charge on any atom is 0.311 e. The minimum Gasteiger partial charge on any atom is -0.481 e. The van der Waals surface area contributed by atoms with E-state index in [1.54, 1.807) is 24.9 Å². The summed E-state index contributed by atoms with van der Waals surface area (Å²) in [5, 5.41) is 18.0. The zero-order valence-electron chi connectivity index (χ0n) is 10.7. The van der Waals surface area contributed by atoms with Crippen molar-refractivity contribution in [3.8, 4) is 5.88 Å². The predicted molar refractivity (Wildman–Crippen MR) is 68.7 cm³/mol. The van der Waals surface area contributed by atoms with E-state index in [1.165, 1.54) is 19.2 Å². The average Bonchev–Trinajstić information content (AvgIpc) is 2.67. The summed E-state index contributed by atoms with van der Waals surface area (Å²) in [6.07, 6.45) is 1.72. The number of aromatic nitrogens is 3. The van der Waals surface area contributed by atoms with Gasteiger partial charge in [-0.25, -0.2) is 0 Å². The van der Waals surface area contributed by atoms with Crippen molar-refractivity contribution in [2.45, 2.75) is 6.92 Å². The van der Waals surface area contributed by atoms with Crippen molar-refractivity contribution in [1.29, 1.82) is 0 Å². The van der Waals surface area contributed by atoms with Gasteiger partial charge in [-0.1, -0.05) is 0 Å². The molecule has 0 saturated carbocycles. The predicted octanol–water partition coefficient (Wildman–Crippen LogP) is 1.78. The molecule has 0 atom stereocenters. The Hall–Kier alpha value is -2.64. The zero-order valence-corrected chi connectivity index (χ0v) is 10.7. The first-order valence-corrected chi connectivity index (χ1v) is 5.48. The Labute approximate surface area is 109 Å². The highest BCUT2D eigenvalue weighted by Gasteiger charge is 2.18. The number of nitrogens with one attached hydrogen (secondary N) is 1. The second kappa shape index (κ2) is 4.92. The molecule has 19 heavy (non-hydrogen) atoms. The lowest BCUT2D eigenvalue weighted by Gasteiger charge is -2.06. The summed E-state index contributed by atoms with van der Waals surface area (Å²) in [4.78, 5) is 14.5. The van der Waals surface area contributed by atoms with E-state index < -0.39 is 4.92 Å². The highest BCUT2D eigenvalue weighted by Crippen LogP contribution is 2.28. The summed E-state index contributed by atoms with van der Waals surface area (Å²) in [6, 6.07) is 2.79. The lowest BCUT2D eigenvalue weighted by atomic mass is 10.3. The molecule has 2 aromatic heterocycles. The SMILES string of the molecule is COc1ccc([N+](=O)[O-])c(Nc2cn(C)nc2C)n1. The smallest absolute Gasteiger partial charge is 0.311 e. The largest absolute Gasteiger partial charge is 0.481 e. The Bertz CT molecular complexity index is 623. The third-order valence-electron chi connectivity index (χ3n) is 2.52. The Balaban J connectivity index is 2.42. The first-order valence-electron chi connectivity index (χ1n) is 5.48. The van der Waals surface area contributed by atoms with E-state index in [2.05, 4.69) is 15.4 Å². The maximum atomic E-state index is 11.0.